The number of aromatic nitrogens is 2. The Hall–Kier alpha value is -3.36. The summed E-state index contributed by atoms with van der Waals surface area (Å²) >= 11 is 0. The van der Waals surface area contributed by atoms with Gasteiger partial charge in [0.15, 0.2) is 17.5 Å². The first-order valence-corrected chi connectivity index (χ1v) is 7.52. The zero-order valence-electron chi connectivity index (χ0n) is 13.5. The molecule has 0 bridgehead atoms. The maximum atomic E-state index is 13.5. The van der Waals surface area contributed by atoms with Crippen molar-refractivity contribution in [3.63, 3.8) is 0 Å². The minimum Gasteiger partial charge on any atom is -0.342 e. The topological polar surface area (TPSA) is 75.5 Å². The molecule has 26 heavy (non-hydrogen) atoms. The largest absolute Gasteiger partial charge is 0.342 e. The number of amides is 2. The monoisotopic (exact) mass is 362 g/mol. The molecule has 0 spiro atoms. The highest BCUT2D eigenvalue weighted by molar-refractivity contribution is 5.98. The standard InChI is InChI=1S/C17H13F3N4O2/c1-9-4-5-24-8-12(22-13(24)6-9)17(26)21-7-14(25)23-11-3-2-10(18)15(19)16(11)20/h2-6,8H,7H2,1H3,(H,21,26)(H,23,25). The molecule has 9 heteroatoms. The maximum absolute atomic E-state index is 13.5. The molecule has 0 aliphatic heterocycles. The van der Waals surface area contributed by atoms with Crippen molar-refractivity contribution in [1.29, 1.82) is 0 Å². The summed E-state index contributed by atoms with van der Waals surface area (Å²) in [6.07, 6.45) is 3.24. The van der Waals surface area contributed by atoms with Crippen LogP contribution in [-0.4, -0.2) is 27.7 Å². The number of imidazole rings is 1. The van der Waals surface area contributed by atoms with Crippen LogP contribution in [0.15, 0.2) is 36.7 Å². The predicted octanol–water partition coefficient (Wildman–Crippen LogP) is 2.43. The molecule has 2 aromatic heterocycles. The number of fused-ring (bicyclic) bond motifs is 1. The molecule has 0 aliphatic rings. The van der Waals surface area contributed by atoms with Crippen molar-refractivity contribution < 1.29 is 22.8 Å². The number of hydrogen-bond acceptors (Lipinski definition) is 3. The van der Waals surface area contributed by atoms with Crippen LogP contribution in [0, 0.1) is 24.4 Å². The summed E-state index contributed by atoms with van der Waals surface area (Å²) in [5, 5.41) is 4.38. The first-order chi connectivity index (χ1) is 12.3. The van der Waals surface area contributed by atoms with Crippen molar-refractivity contribution in [2.24, 2.45) is 0 Å². The molecule has 2 amide bonds. The Kier molecular flexibility index (Phi) is 4.61. The molecule has 0 radical (unpaired) electrons. The third-order valence-corrected chi connectivity index (χ3v) is 3.57. The number of pyridine rings is 1. The third kappa shape index (κ3) is 3.51. The molecule has 0 aliphatic carbocycles. The lowest BCUT2D eigenvalue weighted by Gasteiger charge is -2.07. The highest BCUT2D eigenvalue weighted by atomic mass is 19.2. The zero-order chi connectivity index (χ0) is 18.8. The second-order valence-corrected chi connectivity index (χ2v) is 5.55. The summed E-state index contributed by atoms with van der Waals surface area (Å²) in [6.45, 7) is 1.39. The molecule has 3 rings (SSSR count). The van der Waals surface area contributed by atoms with E-state index in [1.807, 2.05) is 13.0 Å². The van der Waals surface area contributed by atoms with Crippen molar-refractivity contribution in [3.05, 3.63) is 65.4 Å². The van der Waals surface area contributed by atoms with E-state index in [2.05, 4.69) is 15.6 Å². The molecule has 6 nitrogen and oxygen atoms in total. The van der Waals surface area contributed by atoms with E-state index in [9.17, 15) is 22.8 Å². The van der Waals surface area contributed by atoms with Crippen molar-refractivity contribution in [2.75, 3.05) is 11.9 Å². The fourth-order valence-corrected chi connectivity index (χ4v) is 2.26. The van der Waals surface area contributed by atoms with Crippen LogP contribution in [0.2, 0.25) is 0 Å². The minimum absolute atomic E-state index is 0.0995. The fourth-order valence-electron chi connectivity index (χ4n) is 2.26. The van der Waals surface area contributed by atoms with Crippen LogP contribution in [0.4, 0.5) is 18.9 Å². The summed E-state index contributed by atoms with van der Waals surface area (Å²) in [5.41, 5.74) is 1.13. The Labute approximate surface area is 145 Å². The Bertz CT molecular complexity index is 1020. The van der Waals surface area contributed by atoms with Gasteiger partial charge in [-0.3, -0.25) is 9.59 Å². The van der Waals surface area contributed by atoms with Gasteiger partial charge in [-0.15, -0.1) is 0 Å². The van der Waals surface area contributed by atoms with Crippen LogP contribution in [0.3, 0.4) is 0 Å². The van der Waals surface area contributed by atoms with Gasteiger partial charge in [0.05, 0.1) is 12.2 Å². The van der Waals surface area contributed by atoms with E-state index in [4.69, 9.17) is 0 Å². The lowest BCUT2D eigenvalue weighted by Crippen LogP contribution is -2.33. The number of carbonyl (C=O) groups is 2. The van der Waals surface area contributed by atoms with Crippen molar-refractivity contribution in [3.8, 4) is 0 Å². The number of anilines is 1. The van der Waals surface area contributed by atoms with Crippen LogP contribution in [0.25, 0.3) is 5.65 Å². The molecular weight excluding hydrogens is 349 g/mol. The molecule has 1 aromatic carbocycles. The van der Waals surface area contributed by atoms with Gasteiger partial charge in [-0.25, -0.2) is 18.2 Å². The highest BCUT2D eigenvalue weighted by Gasteiger charge is 2.16. The Balaban J connectivity index is 1.63. The summed E-state index contributed by atoms with van der Waals surface area (Å²) < 4.78 is 41.1. The van der Waals surface area contributed by atoms with Crippen LogP contribution in [0.1, 0.15) is 16.1 Å². The lowest BCUT2D eigenvalue weighted by atomic mass is 10.2. The lowest BCUT2D eigenvalue weighted by molar-refractivity contribution is -0.115. The smallest absolute Gasteiger partial charge is 0.271 e. The SMILES string of the molecule is Cc1ccn2cc(C(=O)NCC(=O)Nc3ccc(F)c(F)c3F)nc2c1. The quantitative estimate of drug-likeness (QED) is 0.700. The minimum atomic E-state index is -1.69. The van der Waals surface area contributed by atoms with E-state index < -0.39 is 41.5 Å². The Morgan fingerprint density at radius 3 is 2.69 bits per heavy atom. The van der Waals surface area contributed by atoms with Gasteiger partial charge in [-0.2, -0.15) is 0 Å². The molecule has 134 valence electrons. The Morgan fingerprint density at radius 2 is 1.92 bits per heavy atom. The van der Waals surface area contributed by atoms with E-state index in [0.29, 0.717) is 11.7 Å². The summed E-state index contributed by atoms with van der Waals surface area (Å²) in [4.78, 5) is 28.0. The molecule has 3 aromatic rings. The maximum Gasteiger partial charge on any atom is 0.271 e. The van der Waals surface area contributed by atoms with E-state index in [-0.39, 0.29) is 5.69 Å². The molecule has 0 atom stereocenters. The Morgan fingerprint density at radius 1 is 1.15 bits per heavy atom. The van der Waals surface area contributed by atoms with Gasteiger partial charge < -0.3 is 15.0 Å². The fraction of sp³-hybridized carbons (Fsp3) is 0.118. The van der Waals surface area contributed by atoms with E-state index in [1.54, 1.807) is 16.7 Å². The van der Waals surface area contributed by atoms with Crippen LogP contribution >= 0.6 is 0 Å². The van der Waals surface area contributed by atoms with Crippen LogP contribution in [0.5, 0.6) is 0 Å². The number of benzene rings is 1. The van der Waals surface area contributed by atoms with Crippen molar-refractivity contribution >= 4 is 23.1 Å². The first kappa shape index (κ1) is 17.5. The number of nitrogens with one attached hydrogen (secondary N) is 2. The van der Waals surface area contributed by atoms with Crippen molar-refractivity contribution in [1.82, 2.24) is 14.7 Å². The molecule has 0 saturated heterocycles. The third-order valence-electron chi connectivity index (χ3n) is 3.57. The number of rotatable bonds is 4. The summed E-state index contributed by atoms with van der Waals surface area (Å²) in [7, 11) is 0. The van der Waals surface area contributed by atoms with Gasteiger partial charge in [0.2, 0.25) is 5.91 Å². The van der Waals surface area contributed by atoms with Gasteiger partial charge in [0.1, 0.15) is 11.3 Å². The first-order valence-electron chi connectivity index (χ1n) is 7.52. The van der Waals surface area contributed by atoms with Crippen molar-refractivity contribution in [2.45, 2.75) is 6.92 Å². The number of halogens is 3. The molecule has 0 saturated carbocycles. The van der Waals surface area contributed by atoms with E-state index >= 15 is 0 Å². The summed E-state index contributed by atoms with van der Waals surface area (Å²) in [6, 6.07) is 5.21. The van der Waals surface area contributed by atoms with Gasteiger partial charge in [-0.05, 0) is 36.8 Å². The second kappa shape index (κ2) is 6.87. The zero-order valence-corrected chi connectivity index (χ0v) is 13.5. The molecular formula is C17H13F3N4O2. The average Bonchev–Trinajstić information content (AvgIpc) is 3.03. The highest BCUT2D eigenvalue weighted by Crippen LogP contribution is 2.19. The molecule has 2 heterocycles. The van der Waals surface area contributed by atoms with Gasteiger partial charge in [0.25, 0.3) is 5.91 Å². The van der Waals surface area contributed by atoms with Gasteiger partial charge >= 0.3 is 0 Å². The predicted molar refractivity (Wildman–Crippen MR) is 87.2 cm³/mol. The molecule has 2 N–H and O–H groups in total. The average molecular weight is 362 g/mol. The molecule has 0 fully saturated rings. The van der Waals surface area contributed by atoms with Gasteiger partial charge in [-0.1, -0.05) is 0 Å². The number of hydrogen-bond donors (Lipinski definition) is 2. The molecule has 0 unspecified atom stereocenters. The number of carbonyl (C=O) groups excluding carboxylic acids is 2. The normalized spacial score (nSPS) is 10.8. The number of nitrogens with zero attached hydrogens (tertiary/aromatic N) is 2. The van der Waals surface area contributed by atoms with Gasteiger partial charge in [0, 0.05) is 12.4 Å². The van der Waals surface area contributed by atoms with Crippen LogP contribution in [-0.2, 0) is 4.79 Å². The summed E-state index contributed by atoms with van der Waals surface area (Å²) in [5.74, 6) is -5.97. The van der Waals surface area contributed by atoms with E-state index in [0.717, 1.165) is 11.6 Å². The second-order valence-electron chi connectivity index (χ2n) is 5.55. The number of aryl methyl sites for hydroxylation is 1. The van der Waals surface area contributed by atoms with E-state index in [1.165, 1.54) is 6.20 Å². The van der Waals surface area contributed by atoms with Crippen LogP contribution < -0.4 is 10.6 Å².